The third kappa shape index (κ3) is 4.89. The van der Waals surface area contributed by atoms with Gasteiger partial charge in [0, 0.05) is 40.5 Å². The molecule has 0 saturated carbocycles. The molecule has 0 N–H and O–H groups in total. The first-order valence-electron chi connectivity index (χ1n) is 11.9. The van der Waals surface area contributed by atoms with Crippen LogP contribution in [0.3, 0.4) is 0 Å². The molecule has 0 bridgehead atoms. The molecule has 3 aromatic carbocycles. The lowest BCUT2D eigenvalue weighted by atomic mass is 10.0. The maximum Gasteiger partial charge on any atom is 0.0956 e. The van der Waals surface area contributed by atoms with E-state index in [1.54, 1.807) is 11.3 Å². The van der Waals surface area contributed by atoms with Crippen molar-refractivity contribution in [3.63, 3.8) is 0 Å². The van der Waals surface area contributed by atoms with Crippen molar-refractivity contribution in [1.29, 1.82) is 0 Å². The van der Waals surface area contributed by atoms with Gasteiger partial charge in [-0.3, -0.25) is 0 Å². The van der Waals surface area contributed by atoms with Crippen LogP contribution >= 0.6 is 11.3 Å². The fourth-order valence-electron chi connectivity index (χ4n) is 4.18. The van der Waals surface area contributed by atoms with E-state index in [-0.39, 0.29) is 0 Å². The number of hydrogen-bond donors (Lipinski definition) is 0. The summed E-state index contributed by atoms with van der Waals surface area (Å²) in [5.41, 5.74) is 6.68. The molecule has 2 heterocycles. The molecule has 0 amide bonds. The summed E-state index contributed by atoms with van der Waals surface area (Å²) >= 11 is 1.79. The zero-order valence-corrected chi connectivity index (χ0v) is 21.4. The van der Waals surface area contributed by atoms with Crippen LogP contribution < -0.4 is 0 Å². The lowest BCUT2D eigenvalue weighted by Gasteiger charge is -2.06. The number of para-hydroxylation sites is 1. The van der Waals surface area contributed by atoms with Crippen molar-refractivity contribution in [2.45, 2.75) is 59.9 Å². The van der Waals surface area contributed by atoms with Gasteiger partial charge in [0.1, 0.15) is 0 Å². The molecule has 0 saturated heterocycles. The topological polar surface area (TPSA) is 17.8 Å². The Kier molecular flexibility index (Phi) is 6.99. The minimum absolute atomic E-state index is 0.522. The first-order chi connectivity index (χ1) is 15.9. The number of hydrogen-bond acceptors (Lipinski definition) is 2. The van der Waals surface area contributed by atoms with E-state index in [9.17, 15) is 0 Å². The molecule has 2 aromatic heterocycles. The number of fused-ring (bicyclic) bond motifs is 3. The molecule has 0 aliphatic carbocycles. The van der Waals surface area contributed by atoms with Gasteiger partial charge in [-0.15, -0.1) is 11.3 Å². The summed E-state index contributed by atoms with van der Waals surface area (Å²) in [6.07, 6.45) is 1.98. The largest absolute Gasteiger partial charge is 0.341 e. The van der Waals surface area contributed by atoms with Gasteiger partial charge in [-0.2, -0.15) is 0 Å². The second kappa shape index (κ2) is 9.93. The molecular formula is C30H34N2S. The lowest BCUT2D eigenvalue weighted by molar-refractivity contribution is 0.825. The highest BCUT2D eigenvalue weighted by Crippen LogP contribution is 2.31. The fraction of sp³-hybridized carbons (Fsp3) is 0.300. The molecule has 0 unspecified atom stereocenters. The highest BCUT2D eigenvalue weighted by Gasteiger charge is 2.10. The van der Waals surface area contributed by atoms with Crippen molar-refractivity contribution >= 4 is 33.1 Å². The summed E-state index contributed by atoms with van der Waals surface area (Å²) in [5, 5.41) is 3.97. The van der Waals surface area contributed by atoms with Crippen LogP contribution in [-0.4, -0.2) is 9.55 Å². The second-order valence-electron chi connectivity index (χ2n) is 9.28. The minimum atomic E-state index is 0.522. The average molecular weight is 455 g/mol. The van der Waals surface area contributed by atoms with Gasteiger partial charge in [0.2, 0.25) is 0 Å². The van der Waals surface area contributed by atoms with E-state index < -0.39 is 0 Å². The highest BCUT2D eigenvalue weighted by atomic mass is 32.1. The van der Waals surface area contributed by atoms with Crippen molar-refractivity contribution in [3.05, 3.63) is 89.1 Å². The molecule has 3 heteroatoms. The molecule has 0 aliphatic heterocycles. The predicted octanol–water partition coefficient (Wildman–Crippen LogP) is 9.18. The van der Waals surface area contributed by atoms with Crippen LogP contribution in [0, 0.1) is 6.92 Å². The Morgan fingerprint density at radius 2 is 1.52 bits per heavy atom. The van der Waals surface area contributed by atoms with Gasteiger partial charge in [0.15, 0.2) is 0 Å². The van der Waals surface area contributed by atoms with Gasteiger partial charge in [0.05, 0.1) is 9.88 Å². The molecule has 0 spiro atoms. The van der Waals surface area contributed by atoms with E-state index in [2.05, 4.69) is 118 Å². The number of aryl methyl sites for hydroxylation is 2. The normalized spacial score (nSPS) is 11.4. The maximum atomic E-state index is 4.43. The van der Waals surface area contributed by atoms with Crippen LogP contribution in [0.15, 0.2) is 72.9 Å². The van der Waals surface area contributed by atoms with E-state index in [4.69, 9.17) is 0 Å². The van der Waals surface area contributed by atoms with E-state index in [1.165, 1.54) is 48.4 Å². The number of benzene rings is 3. The van der Waals surface area contributed by atoms with Crippen LogP contribution in [0.4, 0.5) is 0 Å². The Labute approximate surface area is 201 Å². The summed E-state index contributed by atoms with van der Waals surface area (Å²) in [7, 11) is 0. The first-order valence-corrected chi connectivity index (χ1v) is 12.7. The highest BCUT2D eigenvalue weighted by molar-refractivity contribution is 7.15. The zero-order valence-electron chi connectivity index (χ0n) is 20.6. The third-order valence-corrected chi connectivity index (χ3v) is 7.48. The van der Waals surface area contributed by atoms with Crippen molar-refractivity contribution in [3.8, 4) is 10.4 Å². The van der Waals surface area contributed by atoms with Crippen LogP contribution in [0.2, 0.25) is 0 Å². The molecule has 33 heavy (non-hydrogen) atoms. The molecule has 0 radical (unpaired) electrons. The van der Waals surface area contributed by atoms with Gasteiger partial charge in [-0.25, -0.2) is 4.98 Å². The maximum absolute atomic E-state index is 4.43. The smallest absolute Gasteiger partial charge is 0.0956 e. The van der Waals surface area contributed by atoms with Crippen molar-refractivity contribution in [2.24, 2.45) is 0 Å². The number of aromatic nitrogens is 2. The lowest BCUT2D eigenvalue weighted by Crippen LogP contribution is -1.93. The van der Waals surface area contributed by atoms with E-state index in [1.807, 2.05) is 6.20 Å². The molecule has 0 fully saturated rings. The summed E-state index contributed by atoms with van der Waals surface area (Å²) < 4.78 is 2.40. The van der Waals surface area contributed by atoms with Gasteiger partial charge < -0.3 is 4.57 Å². The van der Waals surface area contributed by atoms with E-state index in [0.29, 0.717) is 11.8 Å². The molecule has 5 aromatic rings. The second-order valence-corrected chi connectivity index (χ2v) is 10.3. The van der Waals surface area contributed by atoms with Crippen molar-refractivity contribution in [2.75, 3.05) is 0 Å². The monoisotopic (exact) mass is 454 g/mol. The quantitative estimate of drug-likeness (QED) is 0.265. The van der Waals surface area contributed by atoms with Gasteiger partial charge in [-0.05, 0) is 49.1 Å². The van der Waals surface area contributed by atoms with E-state index in [0.717, 1.165) is 6.54 Å². The molecular weight excluding hydrogens is 420 g/mol. The van der Waals surface area contributed by atoms with Gasteiger partial charge >= 0.3 is 0 Å². The number of thiazole rings is 1. The first kappa shape index (κ1) is 23.3. The Bertz CT molecular complexity index is 1350. The predicted molar refractivity (Wildman–Crippen MR) is 146 cm³/mol. The summed E-state index contributed by atoms with van der Waals surface area (Å²) in [4.78, 5) is 5.70. The van der Waals surface area contributed by atoms with Crippen LogP contribution in [0.1, 0.15) is 62.6 Å². The number of rotatable bonds is 4. The molecule has 170 valence electrons. The van der Waals surface area contributed by atoms with E-state index >= 15 is 0 Å². The third-order valence-electron chi connectivity index (χ3n) is 6.13. The molecule has 5 rings (SSSR count). The standard InChI is InChI=1S/C17H19N.C13H15NS/c1-4-18-16-8-6-5-7-14(16)15-11-13(12(2)3)9-10-17(15)18;1-9(2)13-14-8-12(15-13)11-6-4-10(3)5-7-11/h5-12H,4H2,1-3H3;4-9H,1-3H3. The van der Waals surface area contributed by atoms with Gasteiger partial charge in [-0.1, -0.05) is 81.8 Å². The Morgan fingerprint density at radius 1 is 0.818 bits per heavy atom. The fourth-order valence-corrected chi connectivity index (χ4v) is 5.10. The Hall–Kier alpha value is -2.91. The Morgan fingerprint density at radius 3 is 2.15 bits per heavy atom. The summed E-state index contributed by atoms with van der Waals surface area (Å²) in [6.45, 7) is 14.2. The van der Waals surface area contributed by atoms with Crippen LogP contribution in [0.5, 0.6) is 0 Å². The summed E-state index contributed by atoms with van der Waals surface area (Å²) in [5.74, 6) is 1.10. The zero-order chi connectivity index (χ0) is 23.5. The Balaban J connectivity index is 0.000000160. The number of nitrogens with zero attached hydrogens (tertiary/aromatic N) is 2. The summed E-state index contributed by atoms with van der Waals surface area (Å²) in [6, 6.07) is 24.2. The molecule has 0 atom stereocenters. The molecule has 2 nitrogen and oxygen atoms in total. The SMILES string of the molecule is CCn1c2ccccc2c2cc(C(C)C)ccc21.Cc1ccc(-c2cnc(C(C)C)s2)cc1. The molecule has 0 aliphatic rings. The minimum Gasteiger partial charge on any atom is -0.341 e. The van der Waals surface area contributed by atoms with Crippen molar-refractivity contribution < 1.29 is 0 Å². The van der Waals surface area contributed by atoms with Gasteiger partial charge in [0.25, 0.3) is 0 Å². The van der Waals surface area contributed by atoms with Crippen molar-refractivity contribution in [1.82, 2.24) is 9.55 Å². The average Bonchev–Trinajstić information content (AvgIpc) is 3.43. The van der Waals surface area contributed by atoms with Crippen LogP contribution in [0.25, 0.3) is 32.2 Å². The van der Waals surface area contributed by atoms with Crippen LogP contribution in [-0.2, 0) is 6.54 Å².